The Labute approximate surface area is 79.1 Å². The van der Waals surface area contributed by atoms with E-state index in [1.165, 1.54) is 4.90 Å². The van der Waals surface area contributed by atoms with Gasteiger partial charge in [0.2, 0.25) is 11.8 Å². The van der Waals surface area contributed by atoms with Crippen LogP contribution in [-0.2, 0) is 9.59 Å². The first kappa shape index (κ1) is 10.2. The molecule has 0 aromatic heterocycles. The van der Waals surface area contributed by atoms with Crippen LogP contribution in [0.5, 0.6) is 0 Å². The minimum atomic E-state index is -0.0120. The predicted molar refractivity (Wildman–Crippen MR) is 50.0 cm³/mol. The van der Waals surface area contributed by atoms with E-state index >= 15 is 0 Å². The maximum atomic E-state index is 11.6. The number of hydrogen-bond acceptors (Lipinski definition) is 2. The topological polar surface area (TPSA) is 37.4 Å². The molecule has 0 aromatic rings. The Hall–Kier alpha value is -0.860. The Morgan fingerprint density at radius 1 is 1.54 bits per heavy atom. The Morgan fingerprint density at radius 2 is 2.23 bits per heavy atom. The molecule has 3 nitrogen and oxygen atoms in total. The first-order valence-electron chi connectivity index (χ1n) is 5.01. The normalized spacial score (nSPS) is 20.2. The molecule has 0 aliphatic carbocycles. The van der Waals surface area contributed by atoms with Crippen molar-refractivity contribution in [1.82, 2.24) is 4.90 Å². The standard InChI is InChI=1S/C10H17NO2/c1-3-8(2)10(13)11-7-5-4-6-9(11)12/h8H,3-7H2,1-2H3. The second-order valence-corrected chi connectivity index (χ2v) is 3.65. The average Bonchev–Trinajstić information content (AvgIpc) is 2.16. The van der Waals surface area contributed by atoms with Crippen LogP contribution in [0, 0.1) is 5.92 Å². The number of amides is 2. The van der Waals surface area contributed by atoms with Gasteiger partial charge in [-0.2, -0.15) is 0 Å². The number of carbonyl (C=O) groups is 2. The maximum Gasteiger partial charge on any atom is 0.231 e. The molecule has 1 aliphatic heterocycles. The van der Waals surface area contributed by atoms with Crippen LogP contribution in [0.3, 0.4) is 0 Å². The number of carbonyl (C=O) groups excluding carboxylic acids is 2. The lowest BCUT2D eigenvalue weighted by atomic mass is 10.0. The van der Waals surface area contributed by atoms with E-state index in [1.54, 1.807) is 0 Å². The molecule has 0 N–H and O–H groups in total. The first-order valence-corrected chi connectivity index (χ1v) is 5.01. The molecule has 1 heterocycles. The molecule has 0 saturated carbocycles. The van der Waals surface area contributed by atoms with Gasteiger partial charge in [-0.3, -0.25) is 14.5 Å². The number of nitrogens with zero attached hydrogens (tertiary/aromatic N) is 1. The summed E-state index contributed by atoms with van der Waals surface area (Å²) in [6.07, 6.45) is 3.25. The van der Waals surface area contributed by atoms with Gasteiger partial charge in [-0.05, 0) is 19.3 Å². The average molecular weight is 183 g/mol. The Balaban J connectivity index is 2.58. The van der Waals surface area contributed by atoms with Crippen molar-refractivity contribution in [2.75, 3.05) is 6.54 Å². The van der Waals surface area contributed by atoms with E-state index in [4.69, 9.17) is 0 Å². The molecule has 3 heteroatoms. The molecule has 74 valence electrons. The molecule has 1 unspecified atom stereocenters. The zero-order valence-corrected chi connectivity index (χ0v) is 8.38. The number of piperidine rings is 1. The lowest BCUT2D eigenvalue weighted by Gasteiger charge is -2.26. The monoisotopic (exact) mass is 183 g/mol. The summed E-state index contributed by atoms with van der Waals surface area (Å²) in [6.45, 7) is 4.48. The molecule has 1 saturated heterocycles. The minimum Gasteiger partial charge on any atom is -0.282 e. The SMILES string of the molecule is CCC(C)C(=O)N1CCCCC1=O. The van der Waals surface area contributed by atoms with Crippen molar-refractivity contribution < 1.29 is 9.59 Å². The first-order chi connectivity index (χ1) is 6.16. The number of hydrogen-bond donors (Lipinski definition) is 0. The third-order valence-electron chi connectivity index (χ3n) is 2.62. The molecule has 2 amide bonds. The van der Waals surface area contributed by atoms with Gasteiger partial charge in [-0.25, -0.2) is 0 Å². The van der Waals surface area contributed by atoms with Crippen LogP contribution in [-0.4, -0.2) is 23.3 Å². The van der Waals surface area contributed by atoms with E-state index in [9.17, 15) is 9.59 Å². The highest BCUT2D eigenvalue weighted by Gasteiger charge is 2.26. The summed E-state index contributed by atoms with van der Waals surface area (Å²) in [7, 11) is 0. The van der Waals surface area contributed by atoms with Gasteiger partial charge in [0.05, 0.1) is 0 Å². The fourth-order valence-electron chi connectivity index (χ4n) is 1.48. The van der Waals surface area contributed by atoms with Crippen molar-refractivity contribution >= 4 is 11.8 Å². The van der Waals surface area contributed by atoms with Crippen molar-refractivity contribution in [3.63, 3.8) is 0 Å². The highest BCUT2D eigenvalue weighted by Crippen LogP contribution is 2.15. The van der Waals surface area contributed by atoms with Crippen LogP contribution < -0.4 is 0 Å². The number of likely N-dealkylation sites (tertiary alicyclic amines) is 1. The minimum absolute atomic E-state index is 0.00667. The van der Waals surface area contributed by atoms with Gasteiger partial charge in [0.25, 0.3) is 0 Å². The summed E-state index contributed by atoms with van der Waals surface area (Å²) < 4.78 is 0. The molecule has 0 radical (unpaired) electrons. The molecular weight excluding hydrogens is 166 g/mol. The Bertz CT molecular complexity index is 213. The number of imide groups is 1. The molecule has 0 bridgehead atoms. The molecular formula is C10H17NO2. The van der Waals surface area contributed by atoms with E-state index in [2.05, 4.69) is 0 Å². The van der Waals surface area contributed by atoms with Gasteiger partial charge in [-0.15, -0.1) is 0 Å². The maximum absolute atomic E-state index is 11.6. The van der Waals surface area contributed by atoms with Crippen LogP contribution in [0.1, 0.15) is 39.5 Å². The van der Waals surface area contributed by atoms with E-state index in [0.717, 1.165) is 19.3 Å². The van der Waals surface area contributed by atoms with Gasteiger partial charge in [0.15, 0.2) is 0 Å². The predicted octanol–water partition coefficient (Wildman–Crippen LogP) is 1.57. The zero-order chi connectivity index (χ0) is 9.84. The summed E-state index contributed by atoms with van der Waals surface area (Å²) in [5.41, 5.74) is 0. The molecule has 0 spiro atoms. The molecule has 1 fully saturated rings. The molecule has 0 aromatic carbocycles. The smallest absolute Gasteiger partial charge is 0.231 e. The van der Waals surface area contributed by atoms with Gasteiger partial charge in [-0.1, -0.05) is 13.8 Å². The van der Waals surface area contributed by atoms with Crippen LogP contribution in [0.4, 0.5) is 0 Å². The molecule has 1 atom stereocenters. The van der Waals surface area contributed by atoms with Crippen molar-refractivity contribution in [1.29, 1.82) is 0 Å². The highest BCUT2D eigenvalue weighted by molar-refractivity contribution is 5.96. The van der Waals surface area contributed by atoms with Gasteiger partial charge in [0, 0.05) is 18.9 Å². The second-order valence-electron chi connectivity index (χ2n) is 3.65. The third kappa shape index (κ3) is 2.29. The lowest BCUT2D eigenvalue weighted by molar-refractivity contribution is -0.148. The largest absolute Gasteiger partial charge is 0.282 e. The van der Waals surface area contributed by atoms with Crippen molar-refractivity contribution in [2.45, 2.75) is 39.5 Å². The van der Waals surface area contributed by atoms with E-state index < -0.39 is 0 Å². The van der Waals surface area contributed by atoms with E-state index in [1.807, 2.05) is 13.8 Å². The zero-order valence-electron chi connectivity index (χ0n) is 8.38. The van der Waals surface area contributed by atoms with Gasteiger partial charge >= 0.3 is 0 Å². The molecule has 13 heavy (non-hydrogen) atoms. The van der Waals surface area contributed by atoms with Gasteiger partial charge < -0.3 is 0 Å². The van der Waals surface area contributed by atoms with Crippen LogP contribution in [0.25, 0.3) is 0 Å². The molecule has 1 aliphatic rings. The number of rotatable bonds is 2. The summed E-state index contributed by atoms with van der Waals surface area (Å²) in [5, 5.41) is 0. The molecule has 1 rings (SSSR count). The highest BCUT2D eigenvalue weighted by atomic mass is 16.2. The second kappa shape index (κ2) is 4.40. The van der Waals surface area contributed by atoms with Crippen molar-refractivity contribution in [3.05, 3.63) is 0 Å². The fraction of sp³-hybridized carbons (Fsp3) is 0.800. The van der Waals surface area contributed by atoms with E-state index in [0.29, 0.717) is 13.0 Å². The van der Waals surface area contributed by atoms with Crippen molar-refractivity contribution in [2.24, 2.45) is 5.92 Å². The summed E-state index contributed by atoms with van der Waals surface area (Å²) in [4.78, 5) is 24.4. The van der Waals surface area contributed by atoms with Crippen LogP contribution in [0.2, 0.25) is 0 Å². The summed E-state index contributed by atoms with van der Waals surface area (Å²) in [5.74, 6) is 0.00537. The quantitative estimate of drug-likeness (QED) is 0.651. The lowest BCUT2D eigenvalue weighted by Crippen LogP contribution is -2.42. The summed E-state index contributed by atoms with van der Waals surface area (Å²) >= 11 is 0. The third-order valence-corrected chi connectivity index (χ3v) is 2.62. The summed E-state index contributed by atoms with van der Waals surface area (Å²) in [6, 6.07) is 0. The van der Waals surface area contributed by atoms with E-state index in [-0.39, 0.29) is 17.7 Å². The fourth-order valence-corrected chi connectivity index (χ4v) is 1.48. The van der Waals surface area contributed by atoms with Crippen molar-refractivity contribution in [3.8, 4) is 0 Å². The van der Waals surface area contributed by atoms with Crippen LogP contribution >= 0.6 is 0 Å². The Kier molecular flexibility index (Phi) is 3.46. The van der Waals surface area contributed by atoms with Gasteiger partial charge in [0.1, 0.15) is 0 Å². The van der Waals surface area contributed by atoms with Crippen LogP contribution in [0.15, 0.2) is 0 Å². The Morgan fingerprint density at radius 3 is 2.77 bits per heavy atom.